The highest BCUT2D eigenvalue weighted by Crippen LogP contribution is 2.18. The summed E-state index contributed by atoms with van der Waals surface area (Å²) < 4.78 is 0. The van der Waals surface area contributed by atoms with Crippen LogP contribution >= 0.6 is 0 Å². The number of benzene rings is 2. The Bertz CT molecular complexity index is 717. The molecule has 0 aliphatic carbocycles. The van der Waals surface area contributed by atoms with Gasteiger partial charge in [0, 0.05) is 13.1 Å². The number of hydrogen-bond acceptors (Lipinski definition) is 3. The first-order valence-electron chi connectivity index (χ1n) is 9.98. The Labute approximate surface area is 162 Å². The number of hydrogen-bond donors (Lipinski definition) is 2. The van der Waals surface area contributed by atoms with Gasteiger partial charge >= 0.3 is 0 Å². The Balaban J connectivity index is 1.53. The molecular weight excluding hydrogens is 334 g/mol. The summed E-state index contributed by atoms with van der Waals surface area (Å²) in [4.78, 5) is 15.1. The van der Waals surface area contributed by atoms with Gasteiger partial charge in [-0.2, -0.15) is 0 Å². The van der Waals surface area contributed by atoms with Gasteiger partial charge in [0.25, 0.3) is 0 Å². The molecule has 144 valence electrons. The van der Waals surface area contributed by atoms with Gasteiger partial charge in [-0.15, -0.1) is 0 Å². The molecule has 1 aliphatic heterocycles. The maximum atomic E-state index is 12.6. The number of nitrogens with zero attached hydrogens (tertiary/aromatic N) is 1. The van der Waals surface area contributed by atoms with E-state index in [0.717, 1.165) is 17.7 Å². The summed E-state index contributed by atoms with van der Waals surface area (Å²) in [6.45, 7) is 5.66. The molecule has 1 saturated heterocycles. The highest BCUT2D eigenvalue weighted by Gasteiger charge is 2.29. The van der Waals surface area contributed by atoms with Gasteiger partial charge in [-0.3, -0.25) is 9.69 Å². The summed E-state index contributed by atoms with van der Waals surface area (Å²) in [7, 11) is 0. The molecule has 1 aliphatic rings. The third-order valence-electron chi connectivity index (χ3n) is 5.43. The number of likely N-dealkylation sites (tertiary alicyclic amines) is 1. The van der Waals surface area contributed by atoms with Crippen LogP contribution in [-0.2, 0) is 23.4 Å². The fourth-order valence-corrected chi connectivity index (χ4v) is 3.60. The van der Waals surface area contributed by atoms with E-state index in [0.29, 0.717) is 6.54 Å². The van der Waals surface area contributed by atoms with Crippen LogP contribution in [0.4, 0.5) is 0 Å². The Kier molecular flexibility index (Phi) is 6.64. The monoisotopic (exact) mass is 365 g/mol. The van der Waals surface area contributed by atoms with Gasteiger partial charge in [-0.1, -0.05) is 67.4 Å². The summed E-state index contributed by atoms with van der Waals surface area (Å²) in [5.41, 5.74) is 8.47. The topological polar surface area (TPSA) is 58.4 Å². The average Bonchev–Trinajstić information content (AvgIpc) is 2.96. The zero-order chi connectivity index (χ0) is 19.1. The number of rotatable bonds is 6. The summed E-state index contributed by atoms with van der Waals surface area (Å²) in [6, 6.07) is 18.0. The Hall–Kier alpha value is -2.17. The third kappa shape index (κ3) is 5.41. The first kappa shape index (κ1) is 19.6. The summed E-state index contributed by atoms with van der Waals surface area (Å²) in [5.74, 6) is -0.164. The fourth-order valence-electron chi connectivity index (χ4n) is 3.60. The minimum Gasteiger partial charge on any atom is -0.350 e. The summed E-state index contributed by atoms with van der Waals surface area (Å²) in [5, 5.41) is 2.97. The van der Waals surface area contributed by atoms with Crippen molar-refractivity contribution in [3.8, 4) is 0 Å². The fraction of sp³-hybridized carbons (Fsp3) is 0.435. The Morgan fingerprint density at radius 3 is 2.19 bits per heavy atom. The van der Waals surface area contributed by atoms with Crippen LogP contribution < -0.4 is 11.1 Å². The Morgan fingerprint density at radius 1 is 0.963 bits per heavy atom. The standard InChI is InChI=1S/C23H31N3O/c1-23(24,21-9-5-4-6-10-21)22(27)25-17-19-11-13-20(14-12-19)18-26-15-7-2-3-8-16-26/h4-6,9-14H,2-3,7-8,15-18,24H2,1H3,(H,25,27). The molecular formula is C23H31N3O. The largest absolute Gasteiger partial charge is 0.350 e. The predicted octanol–water partition coefficient (Wildman–Crippen LogP) is 3.55. The smallest absolute Gasteiger partial charge is 0.244 e. The van der Waals surface area contributed by atoms with Crippen LogP contribution in [0.1, 0.15) is 49.3 Å². The van der Waals surface area contributed by atoms with E-state index in [4.69, 9.17) is 5.73 Å². The molecule has 1 unspecified atom stereocenters. The van der Waals surface area contributed by atoms with E-state index in [2.05, 4.69) is 34.5 Å². The molecule has 3 N–H and O–H groups in total. The van der Waals surface area contributed by atoms with Crippen LogP contribution in [0.15, 0.2) is 54.6 Å². The van der Waals surface area contributed by atoms with Crippen LogP contribution in [0, 0.1) is 0 Å². The van der Waals surface area contributed by atoms with Crippen molar-refractivity contribution in [3.63, 3.8) is 0 Å². The van der Waals surface area contributed by atoms with Crippen molar-refractivity contribution in [2.45, 2.75) is 51.2 Å². The van der Waals surface area contributed by atoms with Gasteiger partial charge in [-0.25, -0.2) is 0 Å². The molecule has 1 heterocycles. The minimum atomic E-state index is -1.03. The van der Waals surface area contributed by atoms with Crippen LogP contribution in [-0.4, -0.2) is 23.9 Å². The van der Waals surface area contributed by atoms with Gasteiger partial charge in [0.05, 0.1) is 0 Å². The lowest BCUT2D eigenvalue weighted by Crippen LogP contribution is -2.48. The lowest BCUT2D eigenvalue weighted by molar-refractivity contribution is -0.126. The molecule has 1 amide bonds. The molecule has 0 aromatic heterocycles. The number of nitrogens with two attached hydrogens (primary N) is 1. The molecule has 0 saturated carbocycles. The number of nitrogens with one attached hydrogen (secondary N) is 1. The van der Waals surface area contributed by atoms with Gasteiger partial charge < -0.3 is 11.1 Å². The first-order valence-corrected chi connectivity index (χ1v) is 9.98. The third-order valence-corrected chi connectivity index (χ3v) is 5.43. The van der Waals surface area contributed by atoms with E-state index in [1.165, 1.54) is 44.3 Å². The van der Waals surface area contributed by atoms with Crippen LogP contribution in [0.3, 0.4) is 0 Å². The van der Waals surface area contributed by atoms with Crippen molar-refractivity contribution in [3.05, 3.63) is 71.3 Å². The van der Waals surface area contributed by atoms with Crippen molar-refractivity contribution in [1.82, 2.24) is 10.2 Å². The SMILES string of the molecule is CC(N)(C(=O)NCc1ccc(CN2CCCCCC2)cc1)c1ccccc1. The van der Waals surface area contributed by atoms with E-state index < -0.39 is 5.54 Å². The lowest BCUT2D eigenvalue weighted by atomic mass is 9.92. The van der Waals surface area contributed by atoms with Gasteiger partial charge in [0.15, 0.2) is 0 Å². The van der Waals surface area contributed by atoms with E-state index in [9.17, 15) is 4.79 Å². The zero-order valence-corrected chi connectivity index (χ0v) is 16.3. The lowest BCUT2D eigenvalue weighted by Gasteiger charge is -2.24. The molecule has 4 heteroatoms. The van der Waals surface area contributed by atoms with Gasteiger partial charge in [-0.05, 0) is 49.5 Å². The molecule has 3 rings (SSSR count). The highest BCUT2D eigenvalue weighted by molar-refractivity contribution is 5.86. The molecule has 2 aromatic carbocycles. The van der Waals surface area contributed by atoms with Crippen molar-refractivity contribution >= 4 is 5.91 Å². The first-order chi connectivity index (χ1) is 13.1. The van der Waals surface area contributed by atoms with E-state index >= 15 is 0 Å². The van der Waals surface area contributed by atoms with E-state index in [1.807, 2.05) is 30.3 Å². The molecule has 27 heavy (non-hydrogen) atoms. The number of carbonyl (C=O) groups is 1. The molecule has 2 aromatic rings. The second-order valence-corrected chi connectivity index (χ2v) is 7.76. The number of carbonyl (C=O) groups excluding carboxylic acids is 1. The summed E-state index contributed by atoms with van der Waals surface area (Å²) >= 11 is 0. The predicted molar refractivity (Wildman–Crippen MR) is 110 cm³/mol. The van der Waals surface area contributed by atoms with Crippen LogP contribution in [0.25, 0.3) is 0 Å². The normalized spacial score (nSPS) is 17.7. The van der Waals surface area contributed by atoms with E-state index in [-0.39, 0.29) is 5.91 Å². The highest BCUT2D eigenvalue weighted by atomic mass is 16.2. The average molecular weight is 366 g/mol. The van der Waals surface area contributed by atoms with Crippen molar-refractivity contribution in [1.29, 1.82) is 0 Å². The van der Waals surface area contributed by atoms with Crippen molar-refractivity contribution < 1.29 is 4.79 Å². The van der Waals surface area contributed by atoms with E-state index in [1.54, 1.807) is 6.92 Å². The maximum absolute atomic E-state index is 12.6. The molecule has 1 atom stereocenters. The molecule has 4 nitrogen and oxygen atoms in total. The second-order valence-electron chi connectivity index (χ2n) is 7.76. The molecule has 0 spiro atoms. The Morgan fingerprint density at radius 2 is 1.56 bits per heavy atom. The summed E-state index contributed by atoms with van der Waals surface area (Å²) in [6.07, 6.45) is 5.34. The number of amides is 1. The van der Waals surface area contributed by atoms with Crippen LogP contribution in [0.2, 0.25) is 0 Å². The minimum absolute atomic E-state index is 0.164. The quantitative estimate of drug-likeness (QED) is 0.823. The second kappa shape index (κ2) is 9.16. The van der Waals surface area contributed by atoms with Crippen LogP contribution in [0.5, 0.6) is 0 Å². The van der Waals surface area contributed by atoms with Gasteiger partial charge in [0.2, 0.25) is 5.91 Å². The molecule has 0 radical (unpaired) electrons. The molecule has 1 fully saturated rings. The maximum Gasteiger partial charge on any atom is 0.244 e. The zero-order valence-electron chi connectivity index (χ0n) is 16.3. The van der Waals surface area contributed by atoms with Crippen molar-refractivity contribution in [2.24, 2.45) is 5.73 Å². The molecule has 0 bridgehead atoms. The van der Waals surface area contributed by atoms with Crippen molar-refractivity contribution in [2.75, 3.05) is 13.1 Å². The van der Waals surface area contributed by atoms with Gasteiger partial charge in [0.1, 0.15) is 5.54 Å².